The van der Waals surface area contributed by atoms with E-state index in [-0.39, 0.29) is 17.2 Å². The van der Waals surface area contributed by atoms with E-state index in [0.29, 0.717) is 27.0 Å². The second-order valence-electron chi connectivity index (χ2n) is 6.38. The molecule has 2 amide bonds. The van der Waals surface area contributed by atoms with Gasteiger partial charge in [0.2, 0.25) is 5.91 Å². The highest BCUT2D eigenvalue weighted by Crippen LogP contribution is 2.34. The van der Waals surface area contributed by atoms with Gasteiger partial charge in [0.1, 0.15) is 6.33 Å². The number of amides is 2. The third-order valence-corrected chi connectivity index (χ3v) is 5.30. The van der Waals surface area contributed by atoms with Crippen LogP contribution in [0.5, 0.6) is 0 Å². The van der Waals surface area contributed by atoms with Gasteiger partial charge in [-0.25, -0.2) is 0 Å². The maximum absolute atomic E-state index is 12.7. The lowest BCUT2D eigenvalue weighted by Gasteiger charge is -2.13. The molecule has 10 nitrogen and oxygen atoms in total. The summed E-state index contributed by atoms with van der Waals surface area (Å²) in [5, 5.41) is 25.1. The third kappa shape index (κ3) is 4.63. The van der Waals surface area contributed by atoms with Gasteiger partial charge in [-0.15, -0.1) is 10.2 Å². The summed E-state index contributed by atoms with van der Waals surface area (Å²) in [5.41, 5.74) is 1.66. The zero-order valence-corrected chi connectivity index (χ0v) is 17.2. The molecule has 0 aliphatic carbocycles. The van der Waals surface area contributed by atoms with Crippen molar-refractivity contribution in [1.82, 2.24) is 14.8 Å². The van der Waals surface area contributed by atoms with Crippen LogP contribution in [0.15, 0.2) is 52.8 Å². The number of carbonyl (C=O) groups is 2. The van der Waals surface area contributed by atoms with Crippen LogP contribution >= 0.6 is 11.8 Å². The van der Waals surface area contributed by atoms with E-state index >= 15 is 0 Å². The fourth-order valence-corrected chi connectivity index (χ4v) is 3.49. The van der Waals surface area contributed by atoms with Gasteiger partial charge in [-0.1, -0.05) is 6.07 Å². The van der Waals surface area contributed by atoms with Gasteiger partial charge in [-0.05, 0) is 48.5 Å². The van der Waals surface area contributed by atoms with E-state index in [0.717, 1.165) is 11.8 Å². The van der Waals surface area contributed by atoms with Crippen molar-refractivity contribution in [2.75, 3.05) is 10.6 Å². The lowest BCUT2D eigenvalue weighted by atomic mass is 10.1. The molecule has 11 heteroatoms. The molecule has 0 aliphatic rings. The Balaban J connectivity index is 1.86. The van der Waals surface area contributed by atoms with Crippen molar-refractivity contribution in [2.24, 2.45) is 7.05 Å². The predicted octanol–water partition coefficient (Wildman–Crippen LogP) is 3.39. The molecule has 1 aromatic heterocycles. The van der Waals surface area contributed by atoms with Gasteiger partial charge in [0.15, 0.2) is 5.16 Å². The zero-order chi connectivity index (χ0) is 21.8. The van der Waals surface area contributed by atoms with Gasteiger partial charge in [0.25, 0.3) is 11.6 Å². The quantitative estimate of drug-likeness (QED) is 0.456. The van der Waals surface area contributed by atoms with Crippen molar-refractivity contribution in [3.8, 4) is 0 Å². The SMILES string of the molecule is CC(=O)Nc1cccc(NC(=O)c2ccc(Sc3nncn3C)c([N+](=O)[O-])c2)c1C. The van der Waals surface area contributed by atoms with E-state index in [1.165, 1.54) is 31.5 Å². The Morgan fingerprint density at radius 3 is 2.47 bits per heavy atom. The number of nitrogens with zero attached hydrogens (tertiary/aromatic N) is 4. The van der Waals surface area contributed by atoms with E-state index in [4.69, 9.17) is 0 Å². The summed E-state index contributed by atoms with van der Waals surface area (Å²) < 4.78 is 1.64. The summed E-state index contributed by atoms with van der Waals surface area (Å²) in [5.74, 6) is -0.732. The number of carbonyl (C=O) groups excluding carboxylic acids is 2. The smallest absolute Gasteiger partial charge is 0.284 e. The second kappa shape index (κ2) is 8.74. The maximum atomic E-state index is 12.7. The highest BCUT2D eigenvalue weighted by Gasteiger charge is 2.20. The van der Waals surface area contributed by atoms with Crippen LogP contribution in [-0.4, -0.2) is 31.5 Å². The Morgan fingerprint density at radius 2 is 1.87 bits per heavy atom. The van der Waals surface area contributed by atoms with Crippen molar-refractivity contribution >= 4 is 40.6 Å². The third-order valence-electron chi connectivity index (χ3n) is 4.18. The zero-order valence-electron chi connectivity index (χ0n) is 16.4. The summed E-state index contributed by atoms with van der Waals surface area (Å²) in [4.78, 5) is 35.4. The molecule has 3 aromatic rings. The maximum Gasteiger partial charge on any atom is 0.284 e. The monoisotopic (exact) mass is 426 g/mol. The van der Waals surface area contributed by atoms with Crippen molar-refractivity contribution in [2.45, 2.75) is 23.9 Å². The summed E-state index contributed by atoms with van der Waals surface area (Å²) in [6.45, 7) is 3.15. The van der Waals surface area contributed by atoms with E-state index in [1.807, 2.05) is 0 Å². The average Bonchev–Trinajstić information content (AvgIpc) is 3.09. The number of nitrogens with one attached hydrogen (secondary N) is 2. The summed E-state index contributed by atoms with van der Waals surface area (Å²) >= 11 is 1.09. The molecule has 0 saturated heterocycles. The first kappa shape index (κ1) is 21.0. The lowest BCUT2D eigenvalue weighted by molar-refractivity contribution is -0.387. The van der Waals surface area contributed by atoms with Crippen molar-refractivity contribution in [3.05, 3.63) is 64.0 Å². The fraction of sp³-hybridized carbons (Fsp3) is 0.158. The van der Waals surface area contributed by atoms with Gasteiger partial charge in [0, 0.05) is 37.0 Å². The van der Waals surface area contributed by atoms with E-state index in [9.17, 15) is 19.7 Å². The number of anilines is 2. The van der Waals surface area contributed by atoms with E-state index < -0.39 is 10.8 Å². The topological polar surface area (TPSA) is 132 Å². The minimum absolute atomic E-state index is 0.133. The van der Waals surface area contributed by atoms with E-state index in [1.54, 1.807) is 36.7 Å². The summed E-state index contributed by atoms with van der Waals surface area (Å²) in [7, 11) is 1.73. The number of benzene rings is 2. The Kier molecular flexibility index (Phi) is 6.11. The Labute approximate surface area is 175 Å². The van der Waals surface area contributed by atoms with Gasteiger partial charge in [0.05, 0.1) is 9.82 Å². The Morgan fingerprint density at radius 1 is 1.17 bits per heavy atom. The van der Waals surface area contributed by atoms with Gasteiger partial charge in [-0.2, -0.15) is 0 Å². The van der Waals surface area contributed by atoms with Crippen LogP contribution in [0, 0.1) is 17.0 Å². The number of aryl methyl sites for hydroxylation is 1. The first-order valence-corrected chi connectivity index (χ1v) is 9.56. The molecule has 30 heavy (non-hydrogen) atoms. The predicted molar refractivity (Wildman–Crippen MR) is 112 cm³/mol. The Hall–Kier alpha value is -3.73. The number of rotatable bonds is 6. The number of hydrogen-bond acceptors (Lipinski definition) is 7. The van der Waals surface area contributed by atoms with Crippen molar-refractivity contribution in [3.63, 3.8) is 0 Å². The van der Waals surface area contributed by atoms with Crippen molar-refractivity contribution < 1.29 is 14.5 Å². The minimum Gasteiger partial charge on any atom is -0.326 e. The molecular formula is C19H18N6O4S. The largest absolute Gasteiger partial charge is 0.326 e. The molecule has 0 radical (unpaired) electrons. The molecule has 154 valence electrons. The minimum atomic E-state index is -0.544. The molecule has 1 heterocycles. The highest BCUT2D eigenvalue weighted by molar-refractivity contribution is 7.99. The molecule has 0 spiro atoms. The second-order valence-corrected chi connectivity index (χ2v) is 7.39. The highest BCUT2D eigenvalue weighted by atomic mass is 32.2. The average molecular weight is 426 g/mol. The molecule has 2 N–H and O–H groups in total. The molecule has 0 aliphatic heterocycles. The standard InChI is InChI=1S/C19H18N6O4S/c1-11-14(21-12(2)26)5-4-6-15(11)22-18(27)13-7-8-17(16(9-13)25(28)29)30-19-23-20-10-24(19)3/h4-10H,1-3H3,(H,21,26)(H,22,27). The summed E-state index contributed by atoms with van der Waals surface area (Å²) in [6, 6.07) is 9.33. The normalized spacial score (nSPS) is 10.5. The van der Waals surface area contributed by atoms with Crippen molar-refractivity contribution in [1.29, 1.82) is 0 Å². The fourth-order valence-electron chi connectivity index (χ4n) is 2.64. The molecule has 2 aromatic carbocycles. The number of aromatic nitrogens is 3. The molecule has 0 atom stereocenters. The molecule has 0 bridgehead atoms. The lowest BCUT2D eigenvalue weighted by Crippen LogP contribution is -2.14. The van der Waals surface area contributed by atoms with Crippen LogP contribution in [0.1, 0.15) is 22.8 Å². The number of nitro benzene ring substituents is 1. The van der Waals surface area contributed by atoms with Crippen LogP contribution in [0.25, 0.3) is 0 Å². The molecule has 0 fully saturated rings. The summed E-state index contributed by atoms with van der Waals surface area (Å²) in [6.07, 6.45) is 1.49. The van der Waals surface area contributed by atoms with Crippen LogP contribution in [0.2, 0.25) is 0 Å². The van der Waals surface area contributed by atoms with Crippen LogP contribution in [0.3, 0.4) is 0 Å². The molecule has 0 saturated carbocycles. The van der Waals surface area contributed by atoms with Crippen LogP contribution in [0.4, 0.5) is 17.1 Å². The first-order valence-electron chi connectivity index (χ1n) is 8.75. The van der Waals surface area contributed by atoms with Gasteiger partial charge < -0.3 is 15.2 Å². The van der Waals surface area contributed by atoms with Gasteiger partial charge in [-0.3, -0.25) is 19.7 Å². The van der Waals surface area contributed by atoms with E-state index in [2.05, 4.69) is 20.8 Å². The van der Waals surface area contributed by atoms with Crippen LogP contribution in [-0.2, 0) is 11.8 Å². The molecular weight excluding hydrogens is 408 g/mol. The number of hydrogen-bond donors (Lipinski definition) is 2. The first-order chi connectivity index (χ1) is 14.3. The van der Waals surface area contributed by atoms with Gasteiger partial charge >= 0.3 is 0 Å². The molecule has 3 rings (SSSR count). The van der Waals surface area contributed by atoms with Crippen LogP contribution < -0.4 is 10.6 Å². The Bertz CT molecular complexity index is 1140. The number of nitro groups is 1. The molecule has 0 unspecified atom stereocenters.